The molecule has 3 aromatic carbocycles. The Hall–Kier alpha value is -5.06. The van der Waals surface area contributed by atoms with Crippen LogP contribution in [0, 0.1) is 23.2 Å². The molecule has 65 heavy (non-hydrogen) atoms. The van der Waals surface area contributed by atoms with Gasteiger partial charge in [-0.15, -0.1) is 0 Å². The quantitative estimate of drug-likeness (QED) is 0.151. The number of amides is 2. The summed E-state index contributed by atoms with van der Waals surface area (Å²) in [5, 5.41) is 33.3. The molecule has 0 bridgehead atoms. The number of carboxylic acid groups (broad SMARTS) is 2. The number of para-hydroxylation sites is 2. The minimum absolute atomic E-state index is 0.0272. The highest BCUT2D eigenvalue weighted by molar-refractivity contribution is 5.98. The first-order valence-electron chi connectivity index (χ1n) is 23.3. The molecule has 11 nitrogen and oxygen atoms in total. The van der Waals surface area contributed by atoms with E-state index in [1.165, 1.54) is 0 Å². The van der Waals surface area contributed by atoms with Crippen LogP contribution in [0.3, 0.4) is 0 Å². The zero-order valence-electron chi connectivity index (χ0n) is 41.5. The second kappa shape index (κ2) is 18.3. The van der Waals surface area contributed by atoms with Crippen LogP contribution >= 0.6 is 0 Å². The number of piperidine rings is 2. The maximum atomic E-state index is 14.0. The molecule has 3 aromatic rings. The fourth-order valence-electron chi connectivity index (χ4n) is 11.9. The number of rotatable bonds is 12. The normalized spacial score (nSPS) is 18.9. The summed E-state index contributed by atoms with van der Waals surface area (Å²) in [6.07, 6.45) is 2.14. The number of likely N-dealkylation sites (tertiary alicyclic amines) is 2. The number of carbonyl (C=O) groups is 4. The largest absolute Gasteiger partial charge is 0.507 e. The monoisotopic (exact) mass is 897 g/mol. The van der Waals surface area contributed by atoms with Crippen molar-refractivity contribution >= 4 is 24.1 Å². The van der Waals surface area contributed by atoms with Crippen LogP contribution in [-0.4, -0.2) is 71.4 Å². The maximum absolute atomic E-state index is 14.0. The van der Waals surface area contributed by atoms with Gasteiger partial charge in [0.25, 0.3) is 0 Å². The van der Waals surface area contributed by atoms with Gasteiger partial charge in [-0.1, -0.05) is 96.5 Å². The molecular formula is C54H76N2O9. The third-order valence-electron chi connectivity index (χ3n) is 14.2. The smallest absolute Gasteiger partial charge is 0.416 e. The van der Waals surface area contributed by atoms with Crippen LogP contribution in [0.15, 0.2) is 72.8 Å². The van der Waals surface area contributed by atoms with Crippen molar-refractivity contribution in [2.75, 3.05) is 0 Å². The summed E-state index contributed by atoms with van der Waals surface area (Å²) in [6.45, 7) is 28.3. The zero-order valence-corrected chi connectivity index (χ0v) is 41.5. The minimum Gasteiger partial charge on any atom is -0.507 e. The van der Waals surface area contributed by atoms with Gasteiger partial charge in [-0.3, -0.25) is 19.4 Å². The van der Waals surface area contributed by atoms with Crippen molar-refractivity contribution in [1.82, 2.24) is 9.80 Å². The molecule has 0 saturated carbocycles. The fourth-order valence-corrected chi connectivity index (χ4v) is 11.9. The number of phenols is 1. The van der Waals surface area contributed by atoms with Crippen molar-refractivity contribution < 1.29 is 44.0 Å². The van der Waals surface area contributed by atoms with Gasteiger partial charge >= 0.3 is 24.1 Å². The topological polar surface area (TPSA) is 154 Å². The Balaban J connectivity index is 1.52. The van der Waals surface area contributed by atoms with Gasteiger partial charge in [0.1, 0.15) is 17.2 Å². The van der Waals surface area contributed by atoms with Gasteiger partial charge in [0.05, 0.1) is 0 Å². The molecule has 0 atom stereocenters. The van der Waals surface area contributed by atoms with Crippen molar-refractivity contribution in [3.8, 4) is 17.2 Å². The van der Waals surface area contributed by atoms with E-state index in [9.17, 15) is 34.5 Å². The van der Waals surface area contributed by atoms with E-state index in [0.717, 1.165) is 0 Å². The van der Waals surface area contributed by atoms with Crippen LogP contribution in [0.25, 0.3) is 0 Å². The van der Waals surface area contributed by atoms with Crippen LogP contribution in [0.1, 0.15) is 159 Å². The maximum Gasteiger partial charge on any atom is 0.416 e. The standard InChI is InChI=1S/C54H76N2O9/c1-48(2,3)41-28-35(29-42(43(41)57)49(4,5)6)30-54(44(58)59,45(60)61)27-21-26-40(36-31-50(7,8)55(51(9,10)32-36)46(62)64-38-22-17-15-18-23-38)37-33-52(11,12)56(53(13,14)34-37)47(63)65-39-24-19-16-20-25-39/h15-20,22-25,28-29,36-37,40,57H,21,26-27,30-34H2,1-14H3,(H,58,59)(H,60,61). The number of aliphatic carboxylic acids is 2. The molecule has 2 heterocycles. The van der Waals surface area contributed by atoms with E-state index in [1.807, 2.05) is 87.7 Å². The molecule has 2 aliphatic rings. The summed E-state index contributed by atoms with van der Waals surface area (Å²) in [6, 6.07) is 21.6. The highest BCUT2D eigenvalue weighted by Gasteiger charge is 2.55. The summed E-state index contributed by atoms with van der Waals surface area (Å²) < 4.78 is 11.9. The van der Waals surface area contributed by atoms with Crippen molar-refractivity contribution in [1.29, 1.82) is 0 Å². The molecule has 2 fully saturated rings. The molecule has 0 spiro atoms. The molecule has 0 radical (unpaired) electrons. The Morgan fingerprint density at radius 1 is 0.615 bits per heavy atom. The highest BCUT2D eigenvalue weighted by Crippen LogP contribution is 2.53. The molecule has 2 saturated heterocycles. The van der Waals surface area contributed by atoms with Crippen molar-refractivity contribution in [2.45, 2.75) is 181 Å². The molecule has 0 aliphatic carbocycles. The number of ether oxygens (including phenoxy) is 2. The SMILES string of the molecule is CC(C)(C)c1cc(CC(CCCC(C2CC(C)(C)N(C(=O)Oc3ccccc3)C(C)(C)C2)C2CC(C)(C)N(C(=O)Oc3ccccc3)C(C)(C)C2)(C(=O)O)C(=O)O)cc(C(C)(C)C)c1O. The van der Waals surface area contributed by atoms with Gasteiger partial charge < -0.3 is 24.8 Å². The summed E-state index contributed by atoms with van der Waals surface area (Å²) in [7, 11) is 0. The van der Waals surface area contributed by atoms with Crippen LogP contribution < -0.4 is 9.47 Å². The molecule has 3 N–H and O–H groups in total. The van der Waals surface area contributed by atoms with Gasteiger partial charge in [-0.2, -0.15) is 0 Å². The average Bonchev–Trinajstić information content (AvgIpc) is 3.14. The number of benzene rings is 3. The fraction of sp³-hybridized carbons (Fsp3) is 0.593. The molecule has 2 amide bonds. The summed E-state index contributed by atoms with van der Waals surface area (Å²) in [5.74, 6) is -1.67. The molecule has 0 unspecified atom stereocenters. The van der Waals surface area contributed by atoms with E-state index in [2.05, 4.69) is 55.4 Å². The summed E-state index contributed by atoms with van der Waals surface area (Å²) in [4.78, 5) is 58.7. The molecule has 2 aliphatic heterocycles. The van der Waals surface area contributed by atoms with E-state index in [1.54, 1.807) is 36.4 Å². The van der Waals surface area contributed by atoms with E-state index in [-0.39, 0.29) is 36.3 Å². The van der Waals surface area contributed by atoms with E-state index < -0.39 is 62.5 Å². The third kappa shape index (κ3) is 11.1. The number of carbonyl (C=O) groups excluding carboxylic acids is 2. The number of hydrogen-bond acceptors (Lipinski definition) is 7. The van der Waals surface area contributed by atoms with Gasteiger partial charge in [-0.05, 0) is 170 Å². The van der Waals surface area contributed by atoms with Crippen LogP contribution in [-0.2, 0) is 26.8 Å². The first-order valence-corrected chi connectivity index (χ1v) is 23.3. The lowest BCUT2D eigenvalue weighted by atomic mass is 9.60. The number of phenolic OH excluding ortho intramolecular Hbond substituents is 1. The molecule has 5 rings (SSSR count). The predicted molar refractivity (Wildman–Crippen MR) is 255 cm³/mol. The number of hydrogen-bond donors (Lipinski definition) is 3. The van der Waals surface area contributed by atoms with Gasteiger partial charge in [0, 0.05) is 22.2 Å². The molecule has 0 aromatic heterocycles. The van der Waals surface area contributed by atoms with Crippen LogP contribution in [0.2, 0.25) is 0 Å². The van der Waals surface area contributed by atoms with E-state index in [0.29, 0.717) is 66.7 Å². The second-order valence-corrected chi connectivity index (χ2v) is 23.6. The van der Waals surface area contributed by atoms with Crippen molar-refractivity contribution in [3.63, 3.8) is 0 Å². The molecular weight excluding hydrogens is 821 g/mol. The molecule has 11 heteroatoms. The summed E-state index contributed by atoms with van der Waals surface area (Å²) in [5.41, 5.74) is -3.90. The minimum atomic E-state index is -2.14. The second-order valence-electron chi connectivity index (χ2n) is 23.6. The summed E-state index contributed by atoms with van der Waals surface area (Å²) >= 11 is 0. The van der Waals surface area contributed by atoms with Gasteiger partial charge in [0.15, 0.2) is 5.41 Å². The Morgan fingerprint density at radius 3 is 1.26 bits per heavy atom. The number of carboxylic acids is 2. The third-order valence-corrected chi connectivity index (χ3v) is 14.2. The van der Waals surface area contributed by atoms with Crippen LogP contribution in [0.4, 0.5) is 9.59 Å². The first kappa shape index (κ1) is 50.9. The Bertz CT molecular complexity index is 2020. The van der Waals surface area contributed by atoms with Gasteiger partial charge in [-0.25, -0.2) is 9.59 Å². The average molecular weight is 897 g/mol. The zero-order chi connectivity index (χ0) is 48.7. The lowest BCUT2D eigenvalue weighted by Gasteiger charge is -2.59. The van der Waals surface area contributed by atoms with Crippen molar-refractivity contribution in [3.05, 3.63) is 89.5 Å². The lowest BCUT2D eigenvalue weighted by molar-refractivity contribution is -0.165. The number of nitrogens with zero attached hydrogens (tertiary/aromatic N) is 2. The number of aromatic hydroxyl groups is 1. The highest BCUT2D eigenvalue weighted by atomic mass is 16.6. The Labute approximate surface area is 387 Å². The lowest BCUT2D eigenvalue weighted by Crippen LogP contribution is -2.66. The predicted octanol–water partition coefficient (Wildman–Crippen LogP) is 12.4. The Kier molecular flexibility index (Phi) is 14.4. The van der Waals surface area contributed by atoms with Gasteiger partial charge in [0.2, 0.25) is 0 Å². The van der Waals surface area contributed by atoms with Crippen molar-refractivity contribution in [2.24, 2.45) is 23.2 Å². The molecule has 356 valence electrons. The Morgan fingerprint density at radius 2 is 0.954 bits per heavy atom. The van der Waals surface area contributed by atoms with Crippen LogP contribution in [0.5, 0.6) is 17.2 Å². The first-order chi connectivity index (χ1) is 29.8. The van der Waals surface area contributed by atoms with E-state index in [4.69, 9.17) is 9.47 Å². The van der Waals surface area contributed by atoms with E-state index >= 15 is 0 Å².